The van der Waals surface area contributed by atoms with Crippen molar-refractivity contribution in [2.75, 3.05) is 14.1 Å². The summed E-state index contributed by atoms with van der Waals surface area (Å²) >= 11 is 5.85. The molecule has 1 aromatic rings. The zero-order valence-electron chi connectivity index (χ0n) is 18.6. The number of likely N-dealkylation sites (N-methyl/N-ethyl adjacent to an activating group) is 2. The molecule has 1 amide bonds. The van der Waals surface area contributed by atoms with Crippen LogP contribution >= 0.6 is 11.6 Å². The van der Waals surface area contributed by atoms with Gasteiger partial charge >= 0.3 is 0 Å². The molecule has 0 spiro atoms. The minimum Gasteiger partial charge on any atom is -0.390 e. The highest BCUT2D eigenvalue weighted by Crippen LogP contribution is 2.41. The van der Waals surface area contributed by atoms with Gasteiger partial charge in [0, 0.05) is 11.9 Å². The van der Waals surface area contributed by atoms with Crippen LogP contribution in [0, 0.1) is 0 Å². The molecule has 1 aromatic heterocycles. The number of carbonyl (C=O) groups is 1. The minimum absolute atomic E-state index is 0.0169. The number of aliphatic hydroxyl groups is 3. The molecule has 3 aliphatic rings. The van der Waals surface area contributed by atoms with Crippen LogP contribution in [0.15, 0.2) is 18.3 Å². The number of nitrogens with zero attached hydrogens (tertiary/aromatic N) is 1. The molecule has 2 saturated heterocycles. The van der Waals surface area contributed by atoms with E-state index >= 15 is 0 Å². The van der Waals surface area contributed by atoms with Crippen molar-refractivity contribution in [3.8, 4) is 0 Å². The fourth-order valence-corrected chi connectivity index (χ4v) is 5.05. The van der Waals surface area contributed by atoms with Gasteiger partial charge in [0.1, 0.15) is 18.3 Å². The first kappa shape index (κ1) is 24.7. The first-order chi connectivity index (χ1) is 15.7. The molecule has 3 fully saturated rings. The number of rotatable bonds is 5. The van der Waals surface area contributed by atoms with Gasteiger partial charge < -0.3 is 45.5 Å². The van der Waals surface area contributed by atoms with Crippen LogP contribution in [0.3, 0.4) is 0 Å². The number of amides is 1. The number of halogens is 1. The molecule has 12 heteroatoms. The number of hydrogen-bond acceptors (Lipinski definition) is 10. The van der Waals surface area contributed by atoms with E-state index in [-0.39, 0.29) is 24.9 Å². The predicted molar refractivity (Wildman–Crippen MR) is 116 cm³/mol. The maximum absolute atomic E-state index is 12.7. The van der Waals surface area contributed by atoms with Crippen molar-refractivity contribution in [2.45, 2.75) is 80.5 Å². The topological polar surface area (TPSA) is 154 Å². The van der Waals surface area contributed by atoms with E-state index in [4.69, 9.17) is 25.8 Å². The molecule has 1 aliphatic carbocycles. The second-order valence-corrected chi connectivity index (χ2v) is 9.26. The minimum atomic E-state index is -2.03. The number of nitrogens with one attached hydrogen (secondary N) is 3. The second kappa shape index (κ2) is 9.68. The average molecular weight is 487 g/mol. The summed E-state index contributed by atoms with van der Waals surface area (Å²) in [6.07, 6.45) is -3.82. The number of pyridine rings is 1. The zero-order valence-corrected chi connectivity index (χ0v) is 19.4. The Morgan fingerprint density at radius 2 is 1.91 bits per heavy atom. The fraction of sp³-hybridized carbons (Fsp3) is 0.714. The third-order valence-corrected chi connectivity index (χ3v) is 6.84. The summed E-state index contributed by atoms with van der Waals surface area (Å²) in [6.45, 7) is 1.79. The summed E-state index contributed by atoms with van der Waals surface area (Å²) in [5, 5.41) is 42.3. The highest BCUT2D eigenvalue weighted by atomic mass is 35.5. The smallest absolute Gasteiger partial charge is 0.239 e. The molecule has 2 aliphatic heterocycles. The van der Waals surface area contributed by atoms with E-state index in [0.717, 1.165) is 0 Å². The van der Waals surface area contributed by atoms with E-state index in [9.17, 15) is 20.1 Å². The number of ether oxygens (including phenoxy) is 3. The fourth-order valence-electron chi connectivity index (χ4n) is 4.94. The summed E-state index contributed by atoms with van der Waals surface area (Å²) in [7, 11) is 3.27. The summed E-state index contributed by atoms with van der Waals surface area (Å²) in [5.41, 5.74) is 0.522. The molecule has 1 saturated carbocycles. The first-order valence-electron chi connectivity index (χ1n) is 11.0. The van der Waals surface area contributed by atoms with E-state index in [1.807, 2.05) is 0 Å². The number of aromatic nitrogens is 1. The van der Waals surface area contributed by atoms with Crippen LogP contribution < -0.4 is 16.0 Å². The average Bonchev–Trinajstić information content (AvgIpc) is 2.76. The lowest BCUT2D eigenvalue weighted by molar-refractivity contribution is -0.449. The largest absolute Gasteiger partial charge is 0.390 e. The summed E-state index contributed by atoms with van der Waals surface area (Å²) in [5.74, 6) is -2.40. The molecule has 10 atom stereocenters. The molecular weight excluding hydrogens is 456 g/mol. The van der Waals surface area contributed by atoms with Crippen molar-refractivity contribution >= 4 is 17.5 Å². The lowest BCUT2D eigenvalue weighted by Gasteiger charge is -2.58. The molecule has 0 aromatic carbocycles. The maximum Gasteiger partial charge on any atom is 0.239 e. The molecule has 3 heterocycles. The van der Waals surface area contributed by atoms with Gasteiger partial charge in [-0.25, -0.2) is 0 Å². The van der Waals surface area contributed by atoms with Gasteiger partial charge in [0.15, 0.2) is 0 Å². The van der Waals surface area contributed by atoms with E-state index < -0.39 is 54.6 Å². The third-order valence-electron chi connectivity index (χ3n) is 6.62. The van der Waals surface area contributed by atoms with E-state index in [1.165, 1.54) is 6.20 Å². The molecule has 184 valence electrons. The van der Waals surface area contributed by atoms with Crippen molar-refractivity contribution < 1.29 is 34.3 Å². The number of fused-ring (bicyclic) bond motifs is 2. The standard InChI is InChI=1S/C21H31ClN4O7/c1-9-6-12(26-13(27)7-11-5-4-10(22)8-25-11)21(30)20(31-9)32-19-17(29)14(23-2)16(28)15(24-3)18(19)33-21/h4-5,8-9,12,14-20,23-24,28-30H,6-7H2,1-3H3,(H,26,27)/t9-,12-,14-,15+,16+,17+,18-,19-,20+,21+/m1/s1. The van der Waals surface area contributed by atoms with Crippen molar-refractivity contribution in [1.29, 1.82) is 0 Å². The summed E-state index contributed by atoms with van der Waals surface area (Å²) in [4.78, 5) is 16.9. The van der Waals surface area contributed by atoms with Crippen molar-refractivity contribution in [1.82, 2.24) is 20.9 Å². The Kier molecular flexibility index (Phi) is 7.25. The lowest BCUT2D eigenvalue weighted by Crippen LogP contribution is -2.79. The zero-order chi connectivity index (χ0) is 23.9. The molecule has 6 N–H and O–H groups in total. The van der Waals surface area contributed by atoms with Gasteiger partial charge in [-0.15, -0.1) is 0 Å². The van der Waals surface area contributed by atoms with Crippen molar-refractivity contribution in [3.63, 3.8) is 0 Å². The normalized spacial score (nSPS) is 42.8. The van der Waals surface area contributed by atoms with Crippen LogP contribution in [0.1, 0.15) is 19.0 Å². The molecule has 4 rings (SSSR count). The van der Waals surface area contributed by atoms with Gasteiger partial charge in [-0.2, -0.15) is 0 Å². The molecule has 0 unspecified atom stereocenters. The highest BCUT2D eigenvalue weighted by Gasteiger charge is 2.63. The molecule has 0 radical (unpaired) electrons. The number of aliphatic hydroxyl groups excluding tert-OH is 2. The Labute approximate surface area is 196 Å². The third kappa shape index (κ3) is 4.62. The molecule has 33 heavy (non-hydrogen) atoms. The quantitative estimate of drug-likeness (QED) is 0.283. The van der Waals surface area contributed by atoms with Crippen molar-refractivity contribution in [3.05, 3.63) is 29.0 Å². The molecule has 11 nitrogen and oxygen atoms in total. The van der Waals surface area contributed by atoms with Crippen LogP contribution in [0.2, 0.25) is 5.02 Å². The van der Waals surface area contributed by atoms with Gasteiger partial charge in [-0.1, -0.05) is 11.6 Å². The maximum atomic E-state index is 12.7. The monoisotopic (exact) mass is 486 g/mol. The Bertz CT molecular complexity index is 848. The van der Waals surface area contributed by atoms with E-state index in [0.29, 0.717) is 10.7 Å². The first-order valence-corrected chi connectivity index (χ1v) is 11.4. The van der Waals surface area contributed by atoms with Gasteiger partial charge in [0.2, 0.25) is 18.0 Å². The van der Waals surface area contributed by atoms with Gasteiger partial charge in [0.25, 0.3) is 0 Å². The Balaban J connectivity index is 1.55. The van der Waals surface area contributed by atoms with Crippen LogP contribution in [-0.4, -0.2) is 101 Å². The Morgan fingerprint density at radius 3 is 2.55 bits per heavy atom. The molecular formula is C21H31ClN4O7. The van der Waals surface area contributed by atoms with Crippen molar-refractivity contribution in [2.24, 2.45) is 0 Å². The van der Waals surface area contributed by atoms with Gasteiger partial charge in [-0.3, -0.25) is 9.78 Å². The van der Waals surface area contributed by atoms with Gasteiger partial charge in [-0.05, 0) is 39.6 Å². The van der Waals surface area contributed by atoms with Gasteiger partial charge in [0.05, 0.1) is 41.8 Å². The van der Waals surface area contributed by atoms with Crippen LogP contribution in [0.5, 0.6) is 0 Å². The van der Waals surface area contributed by atoms with E-state index in [2.05, 4.69) is 20.9 Å². The summed E-state index contributed by atoms with van der Waals surface area (Å²) < 4.78 is 17.9. The van der Waals surface area contributed by atoms with Crippen LogP contribution in [0.4, 0.5) is 0 Å². The predicted octanol–water partition coefficient (Wildman–Crippen LogP) is -1.72. The van der Waals surface area contributed by atoms with Crippen LogP contribution in [0.25, 0.3) is 0 Å². The highest BCUT2D eigenvalue weighted by molar-refractivity contribution is 6.30. The van der Waals surface area contributed by atoms with Crippen LogP contribution in [-0.2, 0) is 25.4 Å². The number of hydrogen-bond donors (Lipinski definition) is 6. The molecule has 0 bridgehead atoms. The Morgan fingerprint density at radius 1 is 1.18 bits per heavy atom. The Hall–Kier alpha value is -1.41. The lowest BCUT2D eigenvalue weighted by atomic mass is 9.79. The summed E-state index contributed by atoms with van der Waals surface area (Å²) in [6, 6.07) is 1.10. The number of carbonyl (C=O) groups excluding carboxylic acids is 1. The second-order valence-electron chi connectivity index (χ2n) is 8.82. The SMILES string of the molecule is CN[C@@H]1[C@H](O)[C@H](NC)[C@H]2O[C@]3(O)[C@H](O[C@@H]2[C@H]1O)O[C@H](C)C[C@H]3NC(=O)Cc1ccc(Cl)cn1. The van der Waals surface area contributed by atoms with E-state index in [1.54, 1.807) is 33.2 Å².